The number of carbonyl (C=O) groups excluding carboxylic acids is 1. The number of hydrogen-bond donors (Lipinski definition) is 0. The number of ketones is 1. The molecule has 0 aliphatic carbocycles. The van der Waals surface area contributed by atoms with E-state index in [-0.39, 0.29) is 10.7 Å². The quantitative estimate of drug-likeness (QED) is 0.771. The Balaban J connectivity index is 2.30. The molecule has 0 aromatic heterocycles. The summed E-state index contributed by atoms with van der Waals surface area (Å²) in [6, 6.07) is 6.06. The lowest BCUT2D eigenvalue weighted by Crippen LogP contribution is -2.25. The third-order valence-corrected chi connectivity index (χ3v) is 4.60. The Kier molecular flexibility index (Phi) is 3.31. The van der Waals surface area contributed by atoms with Crippen molar-refractivity contribution in [1.82, 2.24) is 4.31 Å². The van der Waals surface area contributed by atoms with Gasteiger partial charge in [0.1, 0.15) is 0 Å². The van der Waals surface area contributed by atoms with Gasteiger partial charge in [0.25, 0.3) is 0 Å². The highest BCUT2D eigenvalue weighted by molar-refractivity contribution is 7.89. The van der Waals surface area contributed by atoms with E-state index >= 15 is 0 Å². The fourth-order valence-electron chi connectivity index (χ4n) is 1.79. The molecule has 1 saturated heterocycles. The number of sulfonamides is 1. The molecule has 0 saturated carbocycles. The lowest BCUT2D eigenvalue weighted by Gasteiger charge is -2.14. The largest absolute Gasteiger partial charge is 0.295 e. The van der Waals surface area contributed by atoms with Gasteiger partial charge in [-0.2, -0.15) is 4.31 Å². The van der Waals surface area contributed by atoms with Crippen LogP contribution in [0, 0.1) is 6.54 Å². The monoisotopic (exact) mass is 252 g/mol. The third-order valence-electron chi connectivity index (χ3n) is 2.78. The minimum Gasteiger partial charge on any atom is -0.295 e. The van der Waals surface area contributed by atoms with E-state index in [9.17, 15) is 13.2 Å². The van der Waals surface area contributed by atoms with E-state index in [1.807, 2.05) is 0 Å². The molecule has 1 fully saturated rings. The van der Waals surface area contributed by atoms with Gasteiger partial charge in [0, 0.05) is 18.7 Å². The number of carbonyl (C=O) groups is 1. The van der Waals surface area contributed by atoms with Crippen molar-refractivity contribution >= 4 is 15.8 Å². The molecule has 17 heavy (non-hydrogen) atoms. The van der Waals surface area contributed by atoms with Gasteiger partial charge in [0.2, 0.25) is 10.0 Å². The molecule has 1 aromatic rings. The van der Waals surface area contributed by atoms with Gasteiger partial charge in [0.15, 0.2) is 5.78 Å². The molecule has 1 aliphatic heterocycles. The molecule has 0 bridgehead atoms. The Morgan fingerprint density at radius 1 is 1.24 bits per heavy atom. The Morgan fingerprint density at radius 2 is 1.88 bits per heavy atom. The van der Waals surface area contributed by atoms with Crippen molar-refractivity contribution in [3.8, 4) is 0 Å². The van der Waals surface area contributed by atoms with Crippen LogP contribution in [0.4, 0.5) is 0 Å². The average Bonchev–Trinajstić information content (AvgIpc) is 2.83. The molecule has 0 unspecified atom stereocenters. The van der Waals surface area contributed by atoms with Crippen LogP contribution in [0.1, 0.15) is 30.1 Å². The van der Waals surface area contributed by atoms with Gasteiger partial charge >= 0.3 is 0 Å². The molecule has 2 rings (SSSR count). The number of nitrogens with zero attached hydrogens (tertiary/aromatic N) is 1. The molecule has 1 aliphatic rings. The first-order valence-corrected chi connectivity index (χ1v) is 6.92. The van der Waals surface area contributed by atoms with E-state index in [1.54, 1.807) is 18.7 Å². The van der Waals surface area contributed by atoms with E-state index in [2.05, 4.69) is 0 Å². The van der Waals surface area contributed by atoms with E-state index in [0.717, 1.165) is 12.8 Å². The maximum Gasteiger partial charge on any atom is 0.243 e. The molecule has 1 radical (unpaired) electrons. The normalized spacial score (nSPS) is 17.2. The van der Waals surface area contributed by atoms with E-state index < -0.39 is 10.0 Å². The van der Waals surface area contributed by atoms with Gasteiger partial charge in [0.05, 0.1) is 4.90 Å². The molecule has 1 heterocycles. The van der Waals surface area contributed by atoms with Crippen LogP contribution in [0.15, 0.2) is 29.2 Å². The van der Waals surface area contributed by atoms with Crippen molar-refractivity contribution in [3.05, 3.63) is 36.4 Å². The molecular formula is C12H14NO3S. The molecule has 0 atom stereocenters. The van der Waals surface area contributed by atoms with E-state index in [4.69, 9.17) is 0 Å². The molecule has 5 heteroatoms. The van der Waals surface area contributed by atoms with Gasteiger partial charge in [-0.1, -0.05) is 12.1 Å². The molecule has 0 spiro atoms. The second-order valence-electron chi connectivity index (χ2n) is 4.02. The Labute approximate surface area is 101 Å². The number of benzene rings is 1. The zero-order chi connectivity index (χ0) is 12.5. The van der Waals surface area contributed by atoms with Crippen molar-refractivity contribution in [2.24, 2.45) is 0 Å². The van der Waals surface area contributed by atoms with Crippen LogP contribution in [0.2, 0.25) is 0 Å². The first-order valence-electron chi connectivity index (χ1n) is 5.48. The SMILES string of the molecule is CC(=O)c1ccc(S(=O)(=O)N2[CH]CCC2)cc1. The second kappa shape index (κ2) is 4.58. The van der Waals surface area contributed by atoms with Gasteiger partial charge in [-0.05, 0) is 31.9 Å². The van der Waals surface area contributed by atoms with Crippen LogP contribution in [0.5, 0.6) is 0 Å². The van der Waals surface area contributed by atoms with E-state index in [1.165, 1.54) is 23.4 Å². The van der Waals surface area contributed by atoms with Crippen LogP contribution >= 0.6 is 0 Å². The summed E-state index contributed by atoms with van der Waals surface area (Å²) in [5.41, 5.74) is 0.523. The van der Waals surface area contributed by atoms with Crippen molar-refractivity contribution in [2.75, 3.05) is 6.54 Å². The van der Waals surface area contributed by atoms with Crippen molar-refractivity contribution in [2.45, 2.75) is 24.7 Å². The average molecular weight is 252 g/mol. The predicted molar refractivity (Wildman–Crippen MR) is 63.9 cm³/mol. The smallest absolute Gasteiger partial charge is 0.243 e. The summed E-state index contributed by atoms with van der Waals surface area (Å²) in [6.45, 7) is 3.70. The van der Waals surface area contributed by atoms with Crippen molar-refractivity contribution in [1.29, 1.82) is 0 Å². The summed E-state index contributed by atoms with van der Waals surface area (Å²) in [5, 5.41) is 0. The summed E-state index contributed by atoms with van der Waals surface area (Å²) >= 11 is 0. The van der Waals surface area contributed by atoms with E-state index in [0.29, 0.717) is 12.1 Å². The standard InChI is InChI=1S/C12H14NO3S/c1-10(14)11-4-6-12(7-5-11)17(15,16)13-8-2-3-9-13/h4-8H,2-3,9H2,1H3. The van der Waals surface area contributed by atoms with Gasteiger partial charge in [-0.25, -0.2) is 8.42 Å². The van der Waals surface area contributed by atoms with Crippen LogP contribution in [-0.4, -0.2) is 25.1 Å². The zero-order valence-corrected chi connectivity index (χ0v) is 10.4. The summed E-state index contributed by atoms with van der Waals surface area (Å²) in [5.74, 6) is -0.0679. The second-order valence-corrected chi connectivity index (χ2v) is 5.91. The third kappa shape index (κ3) is 2.40. The minimum atomic E-state index is -3.41. The number of rotatable bonds is 3. The summed E-state index contributed by atoms with van der Waals surface area (Å²) < 4.78 is 25.6. The van der Waals surface area contributed by atoms with Crippen LogP contribution in [-0.2, 0) is 10.0 Å². The Morgan fingerprint density at radius 3 is 2.35 bits per heavy atom. The fraction of sp³-hybridized carbons (Fsp3) is 0.333. The van der Waals surface area contributed by atoms with Crippen molar-refractivity contribution in [3.63, 3.8) is 0 Å². The van der Waals surface area contributed by atoms with Crippen LogP contribution < -0.4 is 0 Å². The first kappa shape index (κ1) is 12.3. The minimum absolute atomic E-state index is 0.0679. The maximum absolute atomic E-state index is 12.1. The highest BCUT2D eigenvalue weighted by Crippen LogP contribution is 2.23. The summed E-state index contributed by atoms with van der Waals surface area (Å²) in [7, 11) is -3.41. The van der Waals surface area contributed by atoms with Crippen molar-refractivity contribution < 1.29 is 13.2 Å². The van der Waals surface area contributed by atoms with Gasteiger partial charge in [-0.15, -0.1) is 0 Å². The highest BCUT2D eigenvalue weighted by atomic mass is 32.2. The molecule has 0 amide bonds. The maximum atomic E-state index is 12.1. The number of Topliss-reactive ketones (excluding diaryl/α,β-unsaturated/α-hetero) is 1. The fourth-order valence-corrected chi connectivity index (χ4v) is 3.21. The van der Waals surface area contributed by atoms with Crippen LogP contribution in [0.3, 0.4) is 0 Å². The first-order chi connectivity index (χ1) is 8.01. The zero-order valence-electron chi connectivity index (χ0n) is 9.59. The van der Waals surface area contributed by atoms with Gasteiger partial charge in [-0.3, -0.25) is 4.79 Å². The molecule has 4 nitrogen and oxygen atoms in total. The molecule has 1 aromatic carbocycles. The highest BCUT2D eigenvalue weighted by Gasteiger charge is 2.27. The summed E-state index contributed by atoms with van der Waals surface area (Å²) in [6.07, 6.45) is 1.66. The Hall–Kier alpha value is -1.20. The summed E-state index contributed by atoms with van der Waals surface area (Å²) in [4.78, 5) is 11.3. The molecule has 91 valence electrons. The topological polar surface area (TPSA) is 54.5 Å². The molecule has 0 N–H and O–H groups in total. The Bertz CT molecular complexity index is 513. The lowest BCUT2D eigenvalue weighted by atomic mass is 10.2. The van der Waals surface area contributed by atoms with Gasteiger partial charge < -0.3 is 0 Å². The van der Waals surface area contributed by atoms with Crippen LogP contribution in [0.25, 0.3) is 0 Å². The number of hydrogen-bond acceptors (Lipinski definition) is 3. The molecular weight excluding hydrogens is 238 g/mol. The lowest BCUT2D eigenvalue weighted by molar-refractivity contribution is 0.101. The predicted octanol–water partition coefficient (Wildman–Crippen LogP) is 1.84.